The van der Waals surface area contributed by atoms with Crippen LogP contribution in [0.15, 0.2) is 48.5 Å². The van der Waals surface area contributed by atoms with Gasteiger partial charge in [0.25, 0.3) is 5.91 Å². The number of nitrogens with zero attached hydrogens (tertiary/aromatic N) is 1. The maximum atomic E-state index is 12.9. The van der Waals surface area contributed by atoms with E-state index < -0.39 is 18.5 Å². The lowest BCUT2D eigenvalue weighted by Gasteiger charge is -2.25. The van der Waals surface area contributed by atoms with Crippen LogP contribution in [-0.4, -0.2) is 36.1 Å². The van der Waals surface area contributed by atoms with E-state index >= 15 is 0 Å². The molecule has 4 rings (SSSR count). The van der Waals surface area contributed by atoms with Gasteiger partial charge in [0.05, 0.1) is 23.1 Å². The standard InChI is InChI=1S/C26H26N2O6/c1-15-6-11-21-22(12-15)25(32)28(24(21)31)20-5-3-4-18(13-20)26(33)34-14-23(30)27-19-9-7-17(8-10-19)16(2)29/h3-5,7-10,13,15,21-22H,6,11-12,14H2,1-2H3,(H,27,30)/t15-,21+,22-/m0/s1. The summed E-state index contributed by atoms with van der Waals surface area (Å²) in [5, 5.41) is 2.59. The van der Waals surface area contributed by atoms with E-state index in [0.717, 1.165) is 6.42 Å². The van der Waals surface area contributed by atoms with Gasteiger partial charge >= 0.3 is 5.97 Å². The highest BCUT2D eigenvalue weighted by Crippen LogP contribution is 2.42. The number of ketones is 1. The van der Waals surface area contributed by atoms with Crippen molar-refractivity contribution in [2.24, 2.45) is 17.8 Å². The molecule has 3 amide bonds. The van der Waals surface area contributed by atoms with Gasteiger partial charge in [-0.25, -0.2) is 4.79 Å². The van der Waals surface area contributed by atoms with Gasteiger partial charge in [0.15, 0.2) is 12.4 Å². The number of Topliss-reactive ketones (excluding diaryl/α,β-unsaturated/α-hetero) is 1. The first-order valence-corrected chi connectivity index (χ1v) is 11.3. The second kappa shape index (κ2) is 9.59. The van der Waals surface area contributed by atoms with Crippen molar-refractivity contribution in [1.82, 2.24) is 0 Å². The molecule has 1 saturated heterocycles. The summed E-state index contributed by atoms with van der Waals surface area (Å²) < 4.78 is 5.11. The second-order valence-corrected chi connectivity index (χ2v) is 8.95. The number of imide groups is 1. The molecular formula is C26H26N2O6. The minimum Gasteiger partial charge on any atom is -0.452 e. The minimum atomic E-state index is -0.742. The summed E-state index contributed by atoms with van der Waals surface area (Å²) in [6.45, 7) is 3.02. The van der Waals surface area contributed by atoms with Gasteiger partial charge in [-0.05, 0) is 74.6 Å². The maximum absolute atomic E-state index is 12.9. The number of esters is 1. The Hall–Kier alpha value is -3.81. The molecule has 1 heterocycles. The van der Waals surface area contributed by atoms with Crippen LogP contribution in [0.2, 0.25) is 0 Å². The molecule has 1 N–H and O–H groups in total. The normalized spacial score (nSPS) is 21.7. The van der Waals surface area contributed by atoms with Crippen molar-refractivity contribution in [3.05, 3.63) is 59.7 Å². The first kappa shape index (κ1) is 23.4. The summed E-state index contributed by atoms with van der Waals surface area (Å²) in [6, 6.07) is 12.5. The molecule has 34 heavy (non-hydrogen) atoms. The first-order chi connectivity index (χ1) is 16.2. The highest BCUT2D eigenvalue weighted by atomic mass is 16.5. The summed E-state index contributed by atoms with van der Waals surface area (Å²) >= 11 is 0. The average Bonchev–Trinajstić information content (AvgIpc) is 3.07. The Morgan fingerprint density at radius 2 is 1.68 bits per heavy atom. The lowest BCUT2D eigenvalue weighted by Crippen LogP contribution is -2.31. The third-order valence-electron chi connectivity index (χ3n) is 6.44. The highest BCUT2D eigenvalue weighted by molar-refractivity contribution is 6.22. The van der Waals surface area contributed by atoms with Gasteiger partial charge < -0.3 is 10.1 Å². The molecule has 2 fully saturated rings. The molecule has 0 unspecified atom stereocenters. The SMILES string of the molecule is CC(=O)c1ccc(NC(=O)COC(=O)c2cccc(N3C(=O)[C@H]4C[C@@H](C)CC[C@H]4C3=O)c2)cc1. The predicted octanol–water partition coefficient (Wildman–Crippen LogP) is 3.61. The molecule has 0 radical (unpaired) electrons. The third kappa shape index (κ3) is 4.76. The topological polar surface area (TPSA) is 110 Å². The number of hydrogen-bond acceptors (Lipinski definition) is 6. The average molecular weight is 463 g/mol. The Labute approximate surface area is 197 Å². The van der Waals surface area contributed by atoms with Crippen LogP contribution in [0.25, 0.3) is 0 Å². The zero-order chi connectivity index (χ0) is 24.4. The van der Waals surface area contributed by atoms with Crippen molar-refractivity contribution in [3.8, 4) is 0 Å². The number of carbonyl (C=O) groups is 5. The highest BCUT2D eigenvalue weighted by Gasteiger charge is 2.50. The Morgan fingerprint density at radius 3 is 2.38 bits per heavy atom. The number of hydrogen-bond donors (Lipinski definition) is 1. The minimum absolute atomic E-state index is 0.0836. The quantitative estimate of drug-likeness (QED) is 0.399. The Kier molecular flexibility index (Phi) is 6.58. The monoisotopic (exact) mass is 462 g/mol. The fourth-order valence-corrected chi connectivity index (χ4v) is 4.62. The van der Waals surface area contributed by atoms with E-state index in [0.29, 0.717) is 35.7 Å². The number of nitrogens with one attached hydrogen (secondary N) is 1. The molecule has 8 nitrogen and oxygen atoms in total. The zero-order valence-electron chi connectivity index (χ0n) is 19.1. The molecule has 0 spiro atoms. The zero-order valence-corrected chi connectivity index (χ0v) is 19.1. The van der Waals surface area contributed by atoms with E-state index in [1.165, 1.54) is 24.0 Å². The summed E-state index contributed by atoms with van der Waals surface area (Å²) in [5.41, 5.74) is 1.46. The lowest BCUT2D eigenvalue weighted by molar-refractivity contribution is -0.122. The van der Waals surface area contributed by atoms with E-state index in [2.05, 4.69) is 12.2 Å². The Bertz CT molecular complexity index is 1160. The third-order valence-corrected chi connectivity index (χ3v) is 6.44. The van der Waals surface area contributed by atoms with E-state index in [1.54, 1.807) is 36.4 Å². The van der Waals surface area contributed by atoms with Crippen molar-refractivity contribution >= 4 is 40.8 Å². The van der Waals surface area contributed by atoms with Crippen LogP contribution in [0.3, 0.4) is 0 Å². The number of ether oxygens (including phenoxy) is 1. The van der Waals surface area contributed by atoms with Gasteiger partial charge in [0.1, 0.15) is 0 Å². The molecule has 8 heteroatoms. The number of benzene rings is 2. The summed E-state index contributed by atoms with van der Waals surface area (Å²) in [5.74, 6) is -2.01. The van der Waals surface area contributed by atoms with Crippen molar-refractivity contribution < 1.29 is 28.7 Å². The van der Waals surface area contributed by atoms with E-state index in [1.807, 2.05) is 0 Å². The summed E-state index contributed by atoms with van der Waals surface area (Å²) in [6.07, 6.45) is 2.31. The predicted molar refractivity (Wildman–Crippen MR) is 124 cm³/mol. The molecule has 2 aromatic carbocycles. The fraction of sp³-hybridized carbons (Fsp3) is 0.346. The molecule has 3 atom stereocenters. The largest absolute Gasteiger partial charge is 0.452 e. The van der Waals surface area contributed by atoms with Gasteiger partial charge in [0, 0.05) is 11.3 Å². The van der Waals surface area contributed by atoms with Gasteiger partial charge in [-0.3, -0.25) is 24.1 Å². The summed E-state index contributed by atoms with van der Waals surface area (Å²) in [4.78, 5) is 63.0. The van der Waals surface area contributed by atoms with Crippen LogP contribution in [0.5, 0.6) is 0 Å². The Balaban J connectivity index is 1.38. The first-order valence-electron chi connectivity index (χ1n) is 11.3. The van der Waals surface area contributed by atoms with Crippen molar-refractivity contribution in [2.45, 2.75) is 33.1 Å². The molecule has 1 saturated carbocycles. The van der Waals surface area contributed by atoms with Gasteiger partial charge in [-0.1, -0.05) is 13.0 Å². The van der Waals surface area contributed by atoms with Crippen LogP contribution < -0.4 is 10.2 Å². The molecule has 0 aromatic heterocycles. The van der Waals surface area contributed by atoms with Crippen LogP contribution >= 0.6 is 0 Å². The van der Waals surface area contributed by atoms with Gasteiger partial charge in [-0.2, -0.15) is 0 Å². The molecule has 1 aliphatic carbocycles. The molecule has 1 aliphatic heterocycles. The maximum Gasteiger partial charge on any atom is 0.338 e. The van der Waals surface area contributed by atoms with Crippen LogP contribution in [0.1, 0.15) is 53.8 Å². The smallest absolute Gasteiger partial charge is 0.338 e. The van der Waals surface area contributed by atoms with Crippen LogP contribution in [-0.2, 0) is 19.1 Å². The number of carbonyl (C=O) groups excluding carboxylic acids is 5. The number of rotatable bonds is 6. The van der Waals surface area contributed by atoms with E-state index in [4.69, 9.17) is 4.74 Å². The van der Waals surface area contributed by atoms with Crippen molar-refractivity contribution in [3.63, 3.8) is 0 Å². The van der Waals surface area contributed by atoms with E-state index in [-0.39, 0.29) is 35.0 Å². The van der Waals surface area contributed by atoms with E-state index in [9.17, 15) is 24.0 Å². The molecule has 2 aliphatic rings. The molecular weight excluding hydrogens is 436 g/mol. The van der Waals surface area contributed by atoms with Crippen molar-refractivity contribution in [2.75, 3.05) is 16.8 Å². The van der Waals surface area contributed by atoms with Crippen LogP contribution in [0.4, 0.5) is 11.4 Å². The second-order valence-electron chi connectivity index (χ2n) is 8.95. The molecule has 2 aromatic rings. The van der Waals surface area contributed by atoms with Gasteiger partial charge in [0.2, 0.25) is 11.8 Å². The number of anilines is 2. The lowest BCUT2D eigenvalue weighted by atomic mass is 9.76. The fourth-order valence-electron chi connectivity index (χ4n) is 4.62. The van der Waals surface area contributed by atoms with Gasteiger partial charge in [-0.15, -0.1) is 0 Å². The molecule has 176 valence electrons. The van der Waals surface area contributed by atoms with Crippen LogP contribution in [0, 0.1) is 17.8 Å². The number of amides is 3. The van der Waals surface area contributed by atoms with Crippen molar-refractivity contribution in [1.29, 1.82) is 0 Å². The number of fused-ring (bicyclic) bond motifs is 1. The summed E-state index contributed by atoms with van der Waals surface area (Å²) in [7, 11) is 0. The molecule has 0 bridgehead atoms. The Morgan fingerprint density at radius 1 is 0.971 bits per heavy atom.